The van der Waals surface area contributed by atoms with E-state index in [2.05, 4.69) is 0 Å². The molecule has 7 nitrogen and oxygen atoms in total. The number of hydrogen-bond donors (Lipinski definition) is 2. The molecule has 0 fully saturated rings. The highest BCUT2D eigenvalue weighted by atomic mass is 35.5. The molecule has 2 aromatic rings. The lowest BCUT2D eigenvalue weighted by molar-refractivity contribution is -0.138. The van der Waals surface area contributed by atoms with Crippen molar-refractivity contribution in [1.82, 2.24) is 0 Å². The molecule has 1 heterocycles. The van der Waals surface area contributed by atoms with Crippen LogP contribution in [0.4, 0.5) is 5.69 Å². The van der Waals surface area contributed by atoms with E-state index in [0.29, 0.717) is 16.3 Å². The quantitative estimate of drug-likeness (QED) is 0.745. The summed E-state index contributed by atoms with van der Waals surface area (Å²) >= 11 is 6.09. The summed E-state index contributed by atoms with van der Waals surface area (Å²) in [6, 6.07) is 10.4. The second kappa shape index (κ2) is 7.82. The van der Waals surface area contributed by atoms with E-state index in [-0.39, 0.29) is 29.4 Å². The molecule has 28 heavy (non-hydrogen) atoms. The van der Waals surface area contributed by atoms with Gasteiger partial charge in [0, 0.05) is 10.7 Å². The van der Waals surface area contributed by atoms with Gasteiger partial charge in [-0.2, -0.15) is 0 Å². The number of carbonyl (C=O) groups is 2. The van der Waals surface area contributed by atoms with E-state index in [1.807, 2.05) is 0 Å². The second-order valence-corrected chi connectivity index (χ2v) is 6.47. The molecular weight excluding hydrogens is 384 g/mol. The van der Waals surface area contributed by atoms with Gasteiger partial charge in [0.25, 0.3) is 5.91 Å². The van der Waals surface area contributed by atoms with Crippen molar-refractivity contribution in [2.45, 2.75) is 13.0 Å². The molecule has 0 saturated carbocycles. The monoisotopic (exact) mass is 402 g/mol. The summed E-state index contributed by atoms with van der Waals surface area (Å²) in [5.74, 6) is -1.10. The topological polar surface area (TPSA) is 102 Å². The van der Waals surface area contributed by atoms with Crippen molar-refractivity contribution in [3.63, 3.8) is 0 Å². The van der Waals surface area contributed by atoms with Crippen LogP contribution in [0.1, 0.15) is 18.5 Å². The van der Waals surface area contributed by atoms with E-state index < -0.39 is 17.9 Å². The summed E-state index contributed by atoms with van der Waals surface area (Å²) in [6.45, 7) is 1.80. The highest BCUT2D eigenvalue weighted by Gasteiger charge is 2.44. The van der Waals surface area contributed by atoms with Crippen LogP contribution in [0.2, 0.25) is 5.02 Å². The highest BCUT2D eigenvalue weighted by molar-refractivity contribution is 6.31. The molecule has 3 rings (SSSR count). The van der Waals surface area contributed by atoms with Gasteiger partial charge in [0.1, 0.15) is 5.70 Å². The van der Waals surface area contributed by atoms with E-state index in [9.17, 15) is 14.7 Å². The first-order chi connectivity index (χ1) is 13.4. The Morgan fingerprint density at radius 1 is 1.29 bits per heavy atom. The molecule has 0 aliphatic carbocycles. The van der Waals surface area contributed by atoms with Crippen molar-refractivity contribution >= 4 is 29.2 Å². The number of methoxy groups -OCH3 is 1. The third kappa shape index (κ3) is 3.36. The Morgan fingerprint density at radius 2 is 2.04 bits per heavy atom. The van der Waals surface area contributed by atoms with Gasteiger partial charge in [0.2, 0.25) is 0 Å². The van der Waals surface area contributed by atoms with Crippen molar-refractivity contribution in [2.75, 3.05) is 18.6 Å². The average molecular weight is 403 g/mol. The molecule has 0 aromatic heterocycles. The van der Waals surface area contributed by atoms with Crippen LogP contribution >= 0.6 is 11.6 Å². The predicted molar refractivity (Wildman–Crippen MR) is 104 cm³/mol. The largest absolute Gasteiger partial charge is 0.504 e. The fourth-order valence-corrected chi connectivity index (χ4v) is 3.33. The van der Waals surface area contributed by atoms with Crippen LogP contribution in [0, 0.1) is 0 Å². The van der Waals surface area contributed by atoms with Crippen LogP contribution in [0.3, 0.4) is 0 Å². The normalized spacial score (nSPS) is 16.5. The summed E-state index contributed by atoms with van der Waals surface area (Å²) in [5.41, 5.74) is 6.84. The number of amides is 1. The molecule has 1 unspecified atom stereocenters. The first-order valence-electron chi connectivity index (χ1n) is 8.51. The first kappa shape index (κ1) is 19.6. The fraction of sp³-hybridized carbons (Fsp3) is 0.200. The molecule has 8 heteroatoms. The summed E-state index contributed by atoms with van der Waals surface area (Å²) in [7, 11) is 1.41. The van der Waals surface area contributed by atoms with Gasteiger partial charge in [-0.3, -0.25) is 9.69 Å². The van der Waals surface area contributed by atoms with Crippen molar-refractivity contribution in [2.24, 2.45) is 5.73 Å². The number of phenols is 1. The highest BCUT2D eigenvalue weighted by Crippen LogP contribution is 2.42. The number of carbonyl (C=O) groups excluding carboxylic acids is 2. The number of esters is 1. The van der Waals surface area contributed by atoms with E-state index in [1.165, 1.54) is 18.1 Å². The molecular formula is C20H19ClN2O5. The van der Waals surface area contributed by atoms with Crippen LogP contribution < -0.4 is 15.4 Å². The molecule has 1 atom stereocenters. The van der Waals surface area contributed by atoms with Gasteiger partial charge in [-0.05, 0) is 42.8 Å². The average Bonchev–Trinajstić information content (AvgIpc) is 2.93. The zero-order valence-corrected chi connectivity index (χ0v) is 16.1. The van der Waals surface area contributed by atoms with Gasteiger partial charge in [-0.25, -0.2) is 4.79 Å². The maximum atomic E-state index is 13.0. The molecule has 1 aliphatic heterocycles. The van der Waals surface area contributed by atoms with Crippen LogP contribution in [-0.4, -0.2) is 30.7 Å². The van der Waals surface area contributed by atoms with E-state index in [0.717, 1.165) is 0 Å². The summed E-state index contributed by atoms with van der Waals surface area (Å²) in [6.07, 6.45) is 0. The Morgan fingerprint density at radius 3 is 2.68 bits per heavy atom. The van der Waals surface area contributed by atoms with E-state index in [4.69, 9.17) is 26.8 Å². The van der Waals surface area contributed by atoms with E-state index in [1.54, 1.807) is 43.3 Å². The van der Waals surface area contributed by atoms with Gasteiger partial charge in [-0.15, -0.1) is 0 Å². The number of nitrogens with zero attached hydrogens (tertiary/aromatic N) is 1. The minimum Gasteiger partial charge on any atom is -0.504 e. The first-order valence-corrected chi connectivity index (χ1v) is 8.89. The van der Waals surface area contributed by atoms with Crippen molar-refractivity contribution < 1.29 is 24.2 Å². The van der Waals surface area contributed by atoms with E-state index >= 15 is 0 Å². The number of nitrogens with two attached hydrogens (primary N) is 1. The van der Waals surface area contributed by atoms with Gasteiger partial charge in [-0.1, -0.05) is 23.7 Å². The summed E-state index contributed by atoms with van der Waals surface area (Å²) in [4.78, 5) is 26.9. The van der Waals surface area contributed by atoms with Crippen LogP contribution in [0.15, 0.2) is 53.7 Å². The molecule has 0 spiro atoms. The van der Waals surface area contributed by atoms with Gasteiger partial charge < -0.3 is 20.3 Å². The minimum absolute atomic E-state index is 0.0274. The molecule has 3 N–H and O–H groups in total. The number of ether oxygens (including phenoxy) is 2. The maximum Gasteiger partial charge on any atom is 0.338 e. The SMILES string of the molecule is CCOC(=O)C1=C(N)C(=O)N(c2cccc(Cl)c2)C1c1ccc(O)c(OC)c1. The van der Waals surface area contributed by atoms with Crippen molar-refractivity contribution in [1.29, 1.82) is 0 Å². The molecule has 0 radical (unpaired) electrons. The van der Waals surface area contributed by atoms with Crippen LogP contribution in [0.25, 0.3) is 0 Å². The molecule has 1 amide bonds. The van der Waals surface area contributed by atoms with Gasteiger partial charge in [0.05, 0.1) is 25.3 Å². The van der Waals surface area contributed by atoms with Crippen molar-refractivity contribution in [3.8, 4) is 11.5 Å². The number of phenolic OH excluding ortho intramolecular Hbond substituents is 1. The number of hydrogen-bond acceptors (Lipinski definition) is 6. The Hall–Kier alpha value is -3.19. The minimum atomic E-state index is -0.862. The number of halogens is 1. The standard InChI is InChI=1S/C20H19ClN2O5/c1-3-28-20(26)16-17(22)19(25)23(13-6-4-5-12(21)10-13)18(16)11-7-8-14(24)15(9-11)27-2/h4-10,18,24H,3,22H2,1-2H3. The van der Waals surface area contributed by atoms with Crippen molar-refractivity contribution in [3.05, 3.63) is 64.3 Å². The second-order valence-electron chi connectivity index (χ2n) is 6.04. The number of aromatic hydroxyl groups is 1. The Bertz CT molecular complexity index is 973. The lowest BCUT2D eigenvalue weighted by Crippen LogP contribution is -2.32. The molecule has 0 saturated heterocycles. The Kier molecular flexibility index (Phi) is 5.46. The number of rotatable bonds is 5. The molecule has 146 valence electrons. The predicted octanol–water partition coefficient (Wildman–Crippen LogP) is 2.92. The Labute approximate surface area is 166 Å². The Balaban J connectivity index is 2.20. The third-order valence-electron chi connectivity index (χ3n) is 4.37. The number of anilines is 1. The van der Waals surface area contributed by atoms with Gasteiger partial charge >= 0.3 is 5.97 Å². The van der Waals surface area contributed by atoms with Crippen LogP contribution in [0.5, 0.6) is 11.5 Å². The van der Waals surface area contributed by atoms with Gasteiger partial charge in [0.15, 0.2) is 11.5 Å². The smallest absolute Gasteiger partial charge is 0.338 e. The summed E-state index contributed by atoms with van der Waals surface area (Å²) < 4.78 is 10.3. The maximum absolute atomic E-state index is 13.0. The molecule has 1 aliphatic rings. The third-order valence-corrected chi connectivity index (χ3v) is 4.61. The molecule has 2 aromatic carbocycles. The zero-order valence-electron chi connectivity index (χ0n) is 15.3. The zero-order chi connectivity index (χ0) is 20.4. The lowest BCUT2D eigenvalue weighted by Gasteiger charge is -2.27. The molecule has 0 bridgehead atoms. The number of benzene rings is 2. The van der Waals surface area contributed by atoms with Crippen LogP contribution in [-0.2, 0) is 14.3 Å². The lowest BCUT2D eigenvalue weighted by atomic mass is 9.98. The summed E-state index contributed by atoms with van der Waals surface area (Å²) in [5, 5.41) is 10.3. The fourth-order valence-electron chi connectivity index (χ4n) is 3.14.